The second-order valence-electron chi connectivity index (χ2n) is 6.69. The van der Waals surface area contributed by atoms with Gasteiger partial charge in [0.2, 0.25) is 0 Å². The van der Waals surface area contributed by atoms with E-state index < -0.39 is 12.8 Å². The molecule has 2 N–H and O–H groups in total. The summed E-state index contributed by atoms with van der Waals surface area (Å²) in [6.07, 6.45) is -1.09. The van der Waals surface area contributed by atoms with Gasteiger partial charge in [-0.1, -0.05) is 13.0 Å². The molecule has 0 spiro atoms. The molecule has 0 bridgehead atoms. The van der Waals surface area contributed by atoms with Gasteiger partial charge in [0.15, 0.2) is 6.61 Å². The molecule has 146 valence electrons. The van der Waals surface area contributed by atoms with E-state index in [1.165, 1.54) is 31.0 Å². The van der Waals surface area contributed by atoms with Gasteiger partial charge in [-0.15, -0.1) is 0 Å². The van der Waals surface area contributed by atoms with Gasteiger partial charge in [-0.2, -0.15) is 13.2 Å². The summed E-state index contributed by atoms with van der Waals surface area (Å²) >= 11 is 0. The molecule has 0 aliphatic carbocycles. The molecule has 0 saturated carbocycles. The molecule has 1 saturated heterocycles. The molecule has 0 radical (unpaired) electrons. The Kier molecular flexibility index (Phi) is 7.56. The average Bonchev–Trinajstić information content (AvgIpc) is 2.58. The smallest absolute Gasteiger partial charge is 0.422 e. The van der Waals surface area contributed by atoms with Gasteiger partial charge in [0.05, 0.1) is 0 Å². The first-order valence-electron chi connectivity index (χ1n) is 8.88. The van der Waals surface area contributed by atoms with Gasteiger partial charge in [0.25, 0.3) is 0 Å². The van der Waals surface area contributed by atoms with Gasteiger partial charge in [-0.3, -0.25) is 0 Å². The fraction of sp³-hybridized carbons (Fsp3) is 0.611. The minimum absolute atomic E-state index is 0.0550. The number of likely N-dealkylation sites (tertiary alicyclic amines) is 1. The number of alkyl halides is 3. The summed E-state index contributed by atoms with van der Waals surface area (Å²) in [6.45, 7) is 4.62. The summed E-state index contributed by atoms with van der Waals surface area (Å²) in [5, 5.41) is 5.36. The van der Waals surface area contributed by atoms with Crippen molar-refractivity contribution in [2.75, 3.05) is 38.1 Å². The molecule has 8 heteroatoms. The number of hydrogen-bond donors (Lipinski definition) is 2. The Morgan fingerprint density at radius 2 is 2.04 bits per heavy atom. The number of nitrogens with zero attached hydrogens (tertiary/aromatic N) is 1. The lowest BCUT2D eigenvalue weighted by Gasteiger charge is -2.30. The van der Waals surface area contributed by atoms with E-state index in [2.05, 4.69) is 27.2 Å². The van der Waals surface area contributed by atoms with Gasteiger partial charge in [-0.25, -0.2) is 4.79 Å². The molecule has 1 aliphatic rings. The van der Waals surface area contributed by atoms with Crippen LogP contribution in [0.5, 0.6) is 5.75 Å². The maximum atomic E-state index is 12.2. The van der Waals surface area contributed by atoms with Crippen LogP contribution in [0.4, 0.5) is 23.7 Å². The topological polar surface area (TPSA) is 53.6 Å². The summed E-state index contributed by atoms with van der Waals surface area (Å²) < 4.78 is 41.2. The van der Waals surface area contributed by atoms with Crippen LogP contribution in [-0.2, 0) is 0 Å². The summed E-state index contributed by atoms with van der Waals surface area (Å²) in [7, 11) is 0. The van der Waals surface area contributed by atoms with Gasteiger partial charge in [0, 0.05) is 18.3 Å². The van der Waals surface area contributed by atoms with Gasteiger partial charge in [-0.05, 0) is 56.9 Å². The summed E-state index contributed by atoms with van der Waals surface area (Å²) in [6, 6.07) is 5.51. The van der Waals surface area contributed by atoms with Gasteiger partial charge in [0.1, 0.15) is 5.75 Å². The predicted molar refractivity (Wildman–Crippen MR) is 94.5 cm³/mol. The van der Waals surface area contributed by atoms with Crippen LogP contribution < -0.4 is 15.4 Å². The van der Waals surface area contributed by atoms with Crippen molar-refractivity contribution in [3.05, 3.63) is 24.3 Å². The molecule has 1 fully saturated rings. The first kappa shape index (κ1) is 20.4. The fourth-order valence-electron chi connectivity index (χ4n) is 2.79. The molecule has 26 heavy (non-hydrogen) atoms. The molecule has 0 aromatic heterocycles. The molecule has 1 aliphatic heterocycles. The Morgan fingerprint density at radius 1 is 1.31 bits per heavy atom. The minimum atomic E-state index is -4.40. The maximum Gasteiger partial charge on any atom is 0.422 e. The highest BCUT2D eigenvalue weighted by Crippen LogP contribution is 2.21. The number of ether oxygens (including phenoxy) is 1. The second-order valence-corrected chi connectivity index (χ2v) is 6.69. The van der Waals surface area contributed by atoms with E-state index in [4.69, 9.17) is 0 Å². The van der Waals surface area contributed by atoms with Crippen LogP contribution in [0.25, 0.3) is 0 Å². The van der Waals surface area contributed by atoms with E-state index in [0.29, 0.717) is 12.2 Å². The molecule has 1 aromatic rings. The summed E-state index contributed by atoms with van der Waals surface area (Å²) in [5.41, 5.74) is 0.382. The number of urea groups is 1. The lowest BCUT2D eigenvalue weighted by molar-refractivity contribution is -0.153. The predicted octanol–water partition coefficient (Wildman–Crippen LogP) is 3.87. The number of carbonyl (C=O) groups is 1. The highest BCUT2D eigenvalue weighted by molar-refractivity contribution is 5.89. The normalized spacial score (nSPS) is 16.3. The van der Waals surface area contributed by atoms with Gasteiger partial charge >= 0.3 is 12.2 Å². The van der Waals surface area contributed by atoms with Gasteiger partial charge < -0.3 is 20.3 Å². The fourth-order valence-corrected chi connectivity index (χ4v) is 2.79. The molecular formula is C18H26F3N3O2. The highest BCUT2D eigenvalue weighted by atomic mass is 19.4. The van der Waals surface area contributed by atoms with Crippen molar-refractivity contribution in [2.24, 2.45) is 5.92 Å². The monoisotopic (exact) mass is 373 g/mol. The Labute approximate surface area is 151 Å². The Bertz CT molecular complexity index is 573. The van der Waals surface area contributed by atoms with E-state index in [9.17, 15) is 18.0 Å². The Balaban J connectivity index is 1.66. The van der Waals surface area contributed by atoms with Crippen LogP contribution in [0.3, 0.4) is 0 Å². The number of amides is 2. The zero-order valence-electron chi connectivity index (χ0n) is 14.9. The number of carbonyl (C=O) groups excluding carboxylic acids is 1. The van der Waals surface area contributed by atoms with E-state index in [1.807, 2.05) is 0 Å². The van der Waals surface area contributed by atoms with Crippen LogP contribution in [0.15, 0.2) is 24.3 Å². The number of benzene rings is 1. The largest absolute Gasteiger partial charge is 0.484 e. The maximum absolute atomic E-state index is 12.2. The van der Waals surface area contributed by atoms with Crippen molar-refractivity contribution in [3.63, 3.8) is 0 Å². The van der Waals surface area contributed by atoms with Crippen LogP contribution >= 0.6 is 0 Å². The van der Waals surface area contributed by atoms with E-state index in [1.54, 1.807) is 6.07 Å². The third kappa shape index (κ3) is 7.95. The molecule has 2 amide bonds. The first-order valence-corrected chi connectivity index (χ1v) is 8.88. The lowest BCUT2D eigenvalue weighted by Crippen LogP contribution is -2.36. The number of rotatable bonds is 7. The number of halogens is 3. The van der Waals surface area contributed by atoms with Crippen molar-refractivity contribution in [3.8, 4) is 5.75 Å². The molecule has 1 aromatic carbocycles. The number of piperidine rings is 1. The second kappa shape index (κ2) is 9.66. The minimum Gasteiger partial charge on any atom is -0.484 e. The molecule has 0 unspecified atom stereocenters. The molecule has 2 rings (SSSR count). The number of hydrogen-bond acceptors (Lipinski definition) is 3. The van der Waals surface area contributed by atoms with Crippen LogP contribution in [0.2, 0.25) is 0 Å². The molecule has 1 heterocycles. The quantitative estimate of drug-likeness (QED) is 0.714. The number of anilines is 1. The standard InChI is InChI=1S/C18H26F3N3O2/c1-14-6-10-24(11-7-14)9-3-8-22-17(25)23-15-4-2-5-16(12-15)26-13-18(19,20)21/h2,4-5,12,14H,3,6-11,13H2,1H3,(H2,22,23,25). The lowest BCUT2D eigenvalue weighted by atomic mass is 9.99. The number of nitrogens with one attached hydrogen (secondary N) is 2. The highest BCUT2D eigenvalue weighted by Gasteiger charge is 2.28. The van der Waals surface area contributed by atoms with Crippen molar-refractivity contribution in [1.29, 1.82) is 0 Å². The SMILES string of the molecule is CC1CCN(CCCNC(=O)Nc2cccc(OCC(F)(F)F)c2)CC1. The average molecular weight is 373 g/mol. The Morgan fingerprint density at radius 3 is 2.73 bits per heavy atom. The summed E-state index contributed by atoms with van der Waals surface area (Å²) in [5.74, 6) is 0.852. The van der Waals surface area contributed by atoms with Crippen LogP contribution in [0, 0.1) is 5.92 Å². The summed E-state index contributed by atoms with van der Waals surface area (Å²) in [4.78, 5) is 14.3. The zero-order valence-corrected chi connectivity index (χ0v) is 14.9. The van der Waals surface area contributed by atoms with Crippen molar-refractivity contribution in [2.45, 2.75) is 32.4 Å². The molecular weight excluding hydrogens is 347 g/mol. The first-order chi connectivity index (χ1) is 12.3. The van der Waals surface area contributed by atoms with Crippen molar-refractivity contribution >= 4 is 11.7 Å². The molecule has 5 nitrogen and oxygen atoms in total. The van der Waals surface area contributed by atoms with Crippen molar-refractivity contribution in [1.82, 2.24) is 10.2 Å². The van der Waals surface area contributed by atoms with Crippen LogP contribution in [-0.4, -0.2) is 49.9 Å². The third-order valence-corrected chi connectivity index (χ3v) is 4.31. The van der Waals surface area contributed by atoms with E-state index in [-0.39, 0.29) is 11.8 Å². The zero-order chi connectivity index (χ0) is 19.0. The molecule has 0 atom stereocenters. The van der Waals surface area contributed by atoms with E-state index >= 15 is 0 Å². The van der Waals surface area contributed by atoms with Crippen molar-refractivity contribution < 1.29 is 22.7 Å². The van der Waals surface area contributed by atoms with Crippen LogP contribution in [0.1, 0.15) is 26.2 Å². The third-order valence-electron chi connectivity index (χ3n) is 4.31. The Hall–Kier alpha value is -1.96. The van der Waals surface area contributed by atoms with E-state index in [0.717, 1.165) is 32.0 Å².